The standard InChI is InChI=1S/C36H33N3O6/c1-4-44-33(40)36(34(41)45-5-2)30-28-13-9-10-14-29(28)37-32(30)35(25-11-7-6-8-12-25,26-19-15-23(3)16-20-26)31(38-36)24-17-21-27(22-18-24)39(42)43/h6-22,31,37-38H,4-5H2,1-3H3. The molecule has 0 saturated carbocycles. The van der Waals surface area contributed by atoms with Crippen LogP contribution in [0, 0.1) is 17.0 Å². The molecule has 0 radical (unpaired) electrons. The summed E-state index contributed by atoms with van der Waals surface area (Å²) in [5.74, 6) is -1.60. The number of nitrogens with one attached hydrogen (secondary N) is 2. The number of nitro benzene ring substituents is 1. The summed E-state index contributed by atoms with van der Waals surface area (Å²) in [5.41, 5.74) is 1.96. The first-order chi connectivity index (χ1) is 21.8. The number of H-pyrrole nitrogens is 1. The van der Waals surface area contributed by atoms with Crippen molar-refractivity contribution in [3.05, 3.63) is 147 Å². The maximum atomic E-state index is 14.3. The smallest absolute Gasteiger partial charge is 0.342 e. The maximum absolute atomic E-state index is 14.3. The van der Waals surface area contributed by atoms with Crippen molar-refractivity contribution in [2.24, 2.45) is 0 Å². The number of ether oxygens (including phenoxy) is 2. The molecule has 45 heavy (non-hydrogen) atoms. The average molecular weight is 604 g/mol. The van der Waals surface area contributed by atoms with Gasteiger partial charge in [0.2, 0.25) is 5.54 Å². The SMILES string of the molecule is CCOC(=O)C1(C(=O)OCC)NC(c2ccc([N+](=O)[O-])cc2)C(c2ccccc2)(c2ccc(C)cc2)c2[nH]c3ccccc3c21. The minimum absolute atomic E-state index is 0.0311. The number of hydrogen-bond donors (Lipinski definition) is 2. The van der Waals surface area contributed by atoms with Gasteiger partial charge in [0.15, 0.2) is 0 Å². The predicted octanol–water partition coefficient (Wildman–Crippen LogP) is 6.38. The molecule has 1 aliphatic rings. The van der Waals surface area contributed by atoms with Crippen LogP contribution in [0.1, 0.15) is 53.4 Å². The molecule has 9 heteroatoms. The molecule has 0 spiro atoms. The van der Waals surface area contributed by atoms with Crippen molar-refractivity contribution in [2.75, 3.05) is 13.2 Å². The molecule has 0 saturated heterocycles. The summed E-state index contributed by atoms with van der Waals surface area (Å²) in [7, 11) is 0. The molecular formula is C36H33N3O6. The number of rotatable bonds is 8. The largest absolute Gasteiger partial charge is 0.464 e. The highest BCUT2D eigenvalue weighted by Gasteiger charge is 2.64. The van der Waals surface area contributed by atoms with Gasteiger partial charge in [-0.3, -0.25) is 15.4 Å². The molecule has 0 aliphatic carbocycles. The molecule has 228 valence electrons. The average Bonchev–Trinajstić information content (AvgIpc) is 3.46. The number of benzene rings is 4. The van der Waals surface area contributed by atoms with E-state index < -0.39 is 33.9 Å². The van der Waals surface area contributed by atoms with E-state index in [-0.39, 0.29) is 18.9 Å². The van der Waals surface area contributed by atoms with Crippen LogP contribution in [0.3, 0.4) is 0 Å². The van der Waals surface area contributed by atoms with Crippen molar-refractivity contribution in [1.29, 1.82) is 0 Å². The van der Waals surface area contributed by atoms with Gasteiger partial charge in [-0.15, -0.1) is 0 Å². The van der Waals surface area contributed by atoms with Crippen molar-refractivity contribution < 1.29 is 24.0 Å². The highest BCUT2D eigenvalue weighted by Crippen LogP contribution is 2.57. The molecule has 2 unspecified atom stereocenters. The number of non-ortho nitro benzene ring substituents is 1. The van der Waals surface area contributed by atoms with Crippen LogP contribution in [0.15, 0.2) is 103 Å². The first kappa shape index (κ1) is 29.8. The molecule has 4 aromatic carbocycles. The van der Waals surface area contributed by atoms with Crippen LogP contribution in [-0.4, -0.2) is 35.1 Å². The number of carbonyl (C=O) groups is 2. The summed E-state index contributed by atoms with van der Waals surface area (Å²) in [6, 6.07) is 30.8. The zero-order valence-corrected chi connectivity index (χ0v) is 25.2. The van der Waals surface area contributed by atoms with Gasteiger partial charge in [-0.25, -0.2) is 9.59 Å². The topological polar surface area (TPSA) is 124 Å². The molecule has 6 rings (SSSR count). The zero-order valence-electron chi connectivity index (χ0n) is 25.2. The van der Waals surface area contributed by atoms with Gasteiger partial charge >= 0.3 is 11.9 Å². The second-order valence-corrected chi connectivity index (χ2v) is 11.1. The molecule has 2 heterocycles. The quantitative estimate of drug-likeness (QED) is 0.0912. The highest BCUT2D eigenvalue weighted by atomic mass is 16.6. The number of aryl methyl sites for hydroxylation is 1. The number of hydrogen-bond acceptors (Lipinski definition) is 7. The van der Waals surface area contributed by atoms with E-state index in [4.69, 9.17) is 9.47 Å². The first-order valence-electron chi connectivity index (χ1n) is 14.9. The lowest BCUT2D eigenvalue weighted by Gasteiger charge is -2.51. The first-order valence-corrected chi connectivity index (χ1v) is 14.9. The molecule has 9 nitrogen and oxygen atoms in total. The minimum Gasteiger partial charge on any atom is -0.464 e. The number of esters is 2. The highest BCUT2D eigenvalue weighted by molar-refractivity contribution is 6.11. The van der Waals surface area contributed by atoms with Crippen LogP contribution in [-0.2, 0) is 30.0 Å². The second kappa shape index (κ2) is 11.7. The van der Waals surface area contributed by atoms with Crippen molar-refractivity contribution in [3.8, 4) is 0 Å². The normalized spacial score (nSPS) is 18.6. The maximum Gasteiger partial charge on any atom is 0.342 e. The Morgan fingerprint density at radius 2 is 1.38 bits per heavy atom. The number of fused-ring (bicyclic) bond motifs is 3. The summed E-state index contributed by atoms with van der Waals surface area (Å²) in [4.78, 5) is 43.4. The molecule has 1 aliphatic heterocycles. The van der Waals surface area contributed by atoms with Crippen molar-refractivity contribution in [3.63, 3.8) is 0 Å². The van der Waals surface area contributed by atoms with Gasteiger partial charge in [0, 0.05) is 34.3 Å². The molecule has 0 amide bonds. The lowest BCUT2D eigenvalue weighted by Crippen LogP contribution is -2.65. The summed E-state index contributed by atoms with van der Waals surface area (Å²) >= 11 is 0. The summed E-state index contributed by atoms with van der Waals surface area (Å²) in [6.07, 6.45) is 0. The van der Waals surface area contributed by atoms with E-state index in [1.54, 1.807) is 26.0 Å². The second-order valence-electron chi connectivity index (χ2n) is 11.1. The molecule has 2 N–H and O–H groups in total. The lowest BCUT2D eigenvalue weighted by atomic mass is 9.59. The number of carbonyl (C=O) groups excluding carboxylic acids is 2. The van der Waals surface area contributed by atoms with E-state index in [2.05, 4.69) is 10.3 Å². The van der Waals surface area contributed by atoms with Crippen LogP contribution in [0.25, 0.3) is 10.9 Å². The Kier molecular flexibility index (Phi) is 7.72. The Morgan fingerprint density at radius 1 is 0.800 bits per heavy atom. The van der Waals surface area contributed by atoms with Crippen molar-refractivity contribution in [2.45, 2.75) is 37.8 Å². The molecule has 0 bridgehead atoms. The van der Waals surface area contributed by atoms with Crippen LogP contribution in [0.4, 0.5) is 5.69 Å². The Labute approximate surface area is 260 Å². The Hall–Kier alpha value is -5.28. The fourth-order valence-electron chi connectivity index (χ4n) is 6.68. The Bertz CT molecular complexity index is 1860. The lowest BCUT2D eigenvalue weighted by molar-refractivity contribution is -0.384. The van der Waals surface area contributed by atoms with E-state index in [1.165, 1.54) is 12.1 Å². The third-order valence-corrected chi connectivity index (χ3v) is 8.61. The van der Waals surface area contributed by atoms with Crippen LogP contribution >= 0.6 is 0 Å². The number of nitro groups is 1. The molecule has 5 aromatic rings. The van der Waals surface area contributed by atoms with E-state index in [0.717, 1.165) is 22.2 Å². The van der Waals surface area contributed by atoms with Gasteiger partial charge in [-0.2, -0.15) is 0 Å². The van der Waals surface area contributed by atoms with E-state index in [0.29, 0.717) is 22.2 Å². The number of para-hydroxylation sites is 1. The number of nitrogens with zero attached hydrogens (tertiary/aromatic N) is 1. The van der Waals surface area contributed by atoms with Gasteiger partial charge in [-0.1, -0.05) is 90.5 Å². The minimum atomic E-state index is -2.07. The fourth-order valence-corrected chi connectivity index (χ4v) is 6.68. The molecule has 2 atom stereocenters. The van der Waals surface area contributed by atoms with Gasteiger partial charge < -0.3 is 14.5 Å². The number of aromatic amines is 1. The van der Waals surface area contributed by atoms with Crippen molar-refractivity contribution in [1.82, 2.24) is 10.3 Å². The molecule has 0 fully saturated rings. The fraction of sp³-hybridized carbons (Fsp3) is 0.222. The van der Waals surface area contributed by atoms with E-state index in [9.17, 15) is 19.7 Å². The predicted molar refractivity (Wildman–Crippen MR) is 170 cm³/mol. The Balaban J connectivity index is 1.83. The van der Waals surface area contributed by atoms with Crippen LogP contribution in [0.5, 0.6) is 0 Å². The molecule has 1 aromatic heterocycles. The third-order valence-electron chi connectivity index (χ3n) is 8.61. The summed E-state index contributed by atoms with van der Waals surface area (Å²) in [6.45, 7) is 5.44. The summed E-state index contributed by atoms with van der Waals surface area (Å²) in [5, 5.41) is 15.8. The van der Waals surface area contributed by atoms with Crippen LogP contribution < -0.4 is 5.32 Å². The van der Waals surface area contributed by atoms with E-state index >= 15 is 0 Å². The van der Waals surface area contributed by atoms with Gasteiger partial charge in [0.25, 0.3) is 5.69 Å². The zero-order chi connectivity index (χ0) is 31.8. The van der Waals surface area contributed by atoms with E-state index in [1.807, 2.05) is 85.8 Å². The van der Waals surface area contributed by atoms with Crippen LogP contribution in [0.2, 0.25) is 0 Å². The summed E-state index contributed by atoms with van der Waals surface area (Å²) < 4.78 is 11.3. The third kappa shape index (κ3) is 4.58. The Morgan fingerprint density at radius 3 is 1.98 bits per heavy atom. The van der Waals surface area contributed by atoms with Gasteiger partial charge in [0.1, 0.15) is 0 Å². The number of aromatic nitrogens is 1. The van der Waals surface area contributed by atoms with Gasteiger partial charge in [0.05, 0.1) is 29.6 Å². The van der Waals surface area contributed by atoms with Crippen molar-refractivity contribution >= 4 is 28.5 Å². The monoisotopic (exact) mass is 603 g/mol. The molecular weight excluding hydrogens is 570 g/mol. The van der Waals surface area contributed by atoms with Gasteiger partial charge in [-0.05, 0) is 43.5 Å².